The summed E-state index contributed by atoms with van der Waals surface area (Å²) in [5.74, 6) is -0.857. The Labute approximate surface area is 109 Å². The summed E-state index contributed by atoms with van der Waals surface area (Å²) < 4.78 is 0. The SMILES string of the molecule is N#Cc1ccc(NCCCCC(=O)O)c([N+](=O)[O-])c1. The number of hydrogen-bond donors (Lipinski definition) is 2. The molecule has 1 aromatic rings. The van der Waals surface area contributed by atoms with E-state index in [9.17, 15) is 14.9 Å². The number of hydrogen-bond acceptors (Lipinski definition) is 5. The third-order valence-corrected chi connectivity index (χ3v) is 2.46. The van der Waals surface area contributed by atoms with Crippen LogP contribution in [0.1, 0.15) is 24.8 Å². The molecule has 100 valence electrons. The number of nitrogens with zero attached hydrogens (tertiary/aromatic N) is 2. The zero-order valence-electron chi connectivity index (χ0n) is 10.1. The van der Waals surface area contributed by atoms with Crippen LogP contribution in [0.5, 0.6) is 0 Å². The Morgan fingerprint density at radius 1 is 1.47 bits per heavy atom. The van der Waals surface area contributed by atoms with Gasteiger partial charge in [0.1, 0.15) is 5.69 Å². The number of carbonyl (C=O) groups is 1. The van der Waals surface area contributed by atoms with Crippen molar-refractivity contribution in [2.24, 2.45) is 0 Å². The highest BCUT2D eigenvalue weighted by Crippen LogP contribution is 2.25. The fourth-order valence-corrected chi connectivity index (χ4v) is 1.53. The molecule has 1 aromatic carbocycles. The second-order valence-electron chi connectivity index (χ2n) is 3.88. The quantitative estimate of drug-likeness (QED) is 0.442. The molecule has 7 heteroatoms. The molecule has 2 N–H and O–H groups in total. The minimum Gasteiger partial charge on any atom is -0.481 e. The minimum atomic E-state index is -0.857. The van der Waals surface area contributed by atoms with E-state index < -0.39 is 10.9 Å². The first-order chi connectivity index (χ1) is 9.04. The minimum absolute atomic E-state index is 0.0805. The molecule has 0 aliphatic heterocycles. The first-order valence-corrected chi connectivity index (χ1v) is 5.69. The molecule has 0 aliphatic carbocycles. The van der Waals surface area contributed by atoms with Crippen molar-refractivity contribution >= 4 is 17.3 Å². The van der Waals surface area contributed by atoms with E-state index in [1.807, 2.05) is 6.07 Å². The molecule has 0 bridgehead atoms. The maximum Gasteiger partial charge on any atom is 0.303 e. The van der Waals surface area contributed by atoms with Crippen molar-refractivity contribution in [1.29, 1.82) is 5.26 Å². The summed E-state index contributed by atoms with van der Waals surface area (Å²) >= 11 is 0. The number of nitrogens with one attached hydrogen (secondary N) is 1. The van der Waals surface area contributed by atoms with Gasteiger partial charge in [0, 0.05) is 19.0 Å². The number of aliphatic carboxylic acids is 1. The molecule has 0 aliphatic rings. The largest absolute Gasteiger partial charge is 0.481 e. The lowest BCUT2D eigenvalue weighted by Crippen LogP contribution is -2.05. The van der Waals surface area contributed by atoms with Gasteiger partial charge < -0.3 is 10.4 Å². The second-order valence-corrected chi connectivity index (χ2v) is 3.88. The Morgan fingerprint density at radius 3 is 2.79 bits per heavy atom. The van der Waals surface area contributed by atoms with Gasteiger partial charge in [-0.05, 0) is 25.0 Å². The molecule has 0 radical (unpaired) electrons. The Hall–Kier alpha value is -2.62. The van der Waals surface area contributed by atoms with Crippen LogP contribution in [0, 0.1) is 21.4 Å². The number of nitro benzene ring substituents is 1. The predicted octanol–water partition coefficient (Wildman–Crippen LogP) is 2.13. The molecule has 0 aromatic heterocycles. The smallest absolute Gasteiger partial charge is 0.303 e. The Bertz CT molecular complexity index is 522. The zero-order valence-corrected chi connectivity index (χ0v) is 10.1. The third kappa shape index (κ3) is 4.63. The maximum absolute atomic E-state index is 10.8. The van der Waals surface area contributed by atoms with E-state index in [0.29, 0.717) is 25.1 Å². The number of benzene rings is 1. The fourth-order valence-electron chi connectivity index (χ4n) is 1.53. The monoisotopic (exact) mass is 263 g/mol. The van der Waals surface area contributed by atoms with Crippen LogP contribution >= 0.6 is 0 Å². The van der Waals surface area contributed by atoms with Gasteiger partial charge in [0.2, 0.25) is 0 Å². The van der Waals surface area contributed by atoms with E-state index in [1.165, 1.54) is 18.2 Å². The molecule has 0 saturated carbocycles. The lowest BCUT2D eigenvalue weighted by molar-refractivity contribution is -0.384. The van der Waals surface area contributed by atoms with Gasteiger partial charge in [-0.15, -0.1) is 0 Å². The summed E-state index contributed by atoms with van der Waals surface area (Å²) in [6.45, 7) is 0.444. The molecule has 0 unspecified atom stereocenters. The molecule has 0 saturated heterocycles. The summed E-state index contributed by atoms with van der Waals surface area (Å²) in [5.41, 5.74) is 0.403. The summed E-state index contributed by atoms with van der Waals surface area (Å²) in [5, 5.41) is 30.9. The van der Waals surface area contributed by atoms with Crippen LogP contribution in [0.15, 0.2) is 18.2 Å². The van der Waals surface area contributed by atoms with Gasteiger partial charge in [0.05, 0.1) is 16.6 Å². The number of carboxylic acids is 1. The molecule has 1 rings (SSSR count). The highest BCUT2D eigenvalue weighted by atomic mass is 16.6. The van der Waals surface area contributed by atoms with Crippen molar-refractivity contribution in [2.45, 2.75) is 19.3 Å². The van der Waals surface area contributed by atoms with Crippen LogP contribution < -0.4 is 5.32 Å². The van der Waals surface area contributed by atoms with Crippen LogP contribution in [0.25, 0.3) is 0 Å². The second kappa shape index (κ2) is 6.96. The van der Waals surface area contributed by atoms with Gasteiger partial charge in [-0.25, -0.2) is 0 Å². The van der Waals surface area contributed by atoms with E-state index in [1.54, 1.807) is 0 Å². The molecule has 0 spiro atoms. The van der Waals surface area contributed by atoms with Crippen LogP contribution in [-0.2, 0) is 4.79 Å². The first-order valence-electron chi connectivity index (χ1n) is 5.69. The normalized spacial score (nSPS) is 9.63. The lowest BCUT2D eigenvalue weighted by atomic mass is 10.2. The van der Waals surface area contributed by atoms with Gasteiger partial charge >= 0.3 is 5.97 Å². The Balaban J connectivity index is 2.60. The van der Waals surface area contributed by atoms with Crippen molar-refractivity contribution in [3.05, 3.63) is 33.9 Å². The molecule has 0 atom stereocenters. The topological polar surface area (TPSA) is 116 Å². The zero-order chi connectivity index (χ0) is 14.3. The number of nitriles is 1. The molecular formula is C12H13N3O4. The molecular weight excluding hydrogens is 250 g/mol. The third-order valence-electron chi connectivity index (χ3n) is 2.46. The molecule has 0 fully saturated rings. The first kappa shape index (κ1) is 14.4. The fraction of sp³-hybridized carbons (Fsp3) is 0.333. The number of rotatable bonds is 7. The number of carboxylic acid groups (broad SMARTS) is 1. The van der Waals surface area contributed by atoms with Crippen molar-refractivity contribution in [3.63, 3.8) is 0 Å². The lowest BCUT2D eigenvalue weighted by Gasteiger charge is -2.06. The molecule has 0 heterocycles. The molecule has 7 nitrogen and oxygen atoms in total. The standard InChI is InChI=1S/C12H13N3O4/c13-8-9-4-5-10(11(7-9)15(18)19)14-6-2-1-3-12(16)17/h4-5,7,14H,1-3,6H2,(H,16,17). The summed E-state index contributed by atoms with van der Waals surface area (Å²) in [4.78, 5) is 20.6. The number of anilines is 1. The van der Waals surface area contributed by atoms with Gasteiger partial charge in [-0.2, -0.15) is 5.26 Å². The summed E-state index contributed by atoms with van der Waals surface area (Å²) in [6.07, 6.45) is 1.19. The molecule has 19 heavy (non-hydrogen) atoms. The van der Waals surface area contributed by atoms with Gasteiger partial charge in [-0.1, -0.05) is 0 Å². The highest BCUT2D eigenvalue weighted by Gasteiger charge is 2.14. The average Bonchev–Trinajstić information content (AvgIpc) is 2.38. The highest BCUT2D eigenvalue weighted by molar-refractivity contribution is 5.66. The van der Waals surface area contributed by atoms with Crippen LogP contribution in [0.2, 0.25) is 0 Å². The van der Waals surface area contributed by atoms with Crippen molar-refractivity contribution in [1.82, 2.24) is 0 Å². The average molecular weight is 263 g/mol. The van der Waals surface area contributed by atoms with E-state index in [0.717, 1.165) is 0 Å². The summed E-state index contributed by atoms with van der Waals surface area (Å²) in [7, 11) is 0. The van der Waals surface area contributed by atoms with E-state index >= 15 is 0 Å². The number of unbranched alkanes of at least 4 members (excludes halogenated alkanes) is 1. The predicted molar refractivity (Wildman–Crippen MR) is 67.8 cm³/mol. The van der Waals surface area contributed by atoms with Gasteiger partial charge in [-0.3, -0.25) is 14.9 Å². The van der Waals surface area contributed by atoms with Crippen LogP contribution in [0.4, 0.5) is 11.4 Å². The number of nitro groups is 1. The Kier molecular flexibility index (Phi) is 5.29. The van der Waals surface area contributed by atoms with Crippen molar-refractivity contribution in [3.8, 4) is 6.07 Å². The summed E-state index contributed by atoms with van der Waals surface area (Å²) in [6, 6.07) is 6.02. The molecule has 0 amide bonds. The van der Waals surface area contributed by atoms with Crippen molar-refractivity contribution < 1.29 is 14.8 Å². The van der Waals surface area contributed by atoms with Gasteiger partial charge in [0.25, 0.3) is 5.69 Å². The maximum atomic E-state index is 10.8. The van der Waals surface area contributed by atoms with E-state index in [-0.39, 0.29) is 17.7 Å². The Morgan fingerprint density at radius 2 is 2.21 bits per heavy atom. The van der Waals surface area contributed by atoms with E-state index in [4.69, 9.17) is 10.4 Å². The van der Waals surface area contributed by atoms with Crippen LogP contribution in [0.3, 0.4) is 0 Å². The van der Waals surface area contributed by atoms with E-state index in [2.05, 4.69) is 5.32 Å². The van der Waals surface area contributed by atoms with Crippen LogP contribution in [-0.4, -0.2) is 22.5 Å². The van der Waals surface area contributed by atoms with Gasteiger partial charge in [0.15, 0.2) is 0 Å². The van der Waals surface area contributed by atoms with Crippen molar-refractivity contribution in [2.75, 3.05) is 11.9 Å².